The molecule has 0 aliphatic carbocycles. The van der Waals surface area contributed by atoms with Crippen LogP contribution in [0.25, 0.3) is 0 Å². The van der Waals surface area contributed by atoms with Gasteiger partial charge >= 0.3 is 6.61 Å². The van der Waals surface area contributed by atoms with Crippen LogP contribution in [0.2, 0.25) is 0 Å². The molecule has 2 aromatic carbocycles. The highest BCUT2D eigenvalue weighted by atomic mass is 127. The summed E-state index contributed by atoms with van der Waals surface area (Å²) in [4.78, 5) is 4.57. The van der Waals surface area contributed by atoms with E-state index < -0.39 is 6.61 Å². The fourth-order valence-corrected chi connectivity index (χ4v) is 2.72. The largest absolute Gasteiger partial charge is 0.491 e. The molecule has 2 aromatic rings. The van der Waals surface area contributed by atoms with Gasteiger partial charge in [-0.3, -0.25) is 0 Å². The molecule has 2 N–H and O–H groups in total. The van der Waals surface area contributed by atoms with Crippen molar-refractivity contribution in [1.29, 1.82) is 0 Å². The Morgan fingerprint density at radius 2 is 1.90 bits per heavy atom. The second-order valence-corrected chi connectivity index (χ2v) is 6.53. The van der Waals surface area contributed by atoms with Gasteiger partial charge in [0.1, 0.15) is 18.1 Å². The lowest BCUT2D eigenvalue weighted by Gasteiger charge is -2.15. The Morgan fingerprint density at radius 1 is 1.10 bits per heavy atom. The van der Waals surface area contributed by atoms with Gasteiger partial charge in [-0.05, 0) is 37.6 Å². The van der Waals surface area contributed by atoms with Crippen molar-refractivity contribution < 1.29 is 23.0 Å². The highest BCUT2D eigenvalue weighted by Gasteiger charge is 2.10. The number of alkyl halides is 2. The smallest absolute Gasteiger partial charge is 0.387 e. The maximum Gasteiger partial charge on any atom is 0.387 e. The summed E-state index contributed by atoms with van der Waals surface area (Å²) in [6.45, 7) is 3.39. The van der Waals surface area contributed by atoms with Gasteiger partial charge in [0.2, 0.25) is 0 Å². The number of rotatable bonds is 11. The normalized spacial score (nSPS) is 11.1. The van der Waals surface area contributed by atoms with E-state index in [2.05, 4.69) is 20.4 Å². The molecule has 9 heteroatoms. The molecule has 0 heterocycles. The number of benzene rings is 2. The van der Waals surface area contributed by atoms with Crippen LogP contribution in [0.5, 0.6) is 11.5 Å². The van der Waals surface area contributed by atoms with E-state index in [0.717, 1.165) is 16.9 Å². The van der Waals surface area contributed by atoms with Crippen molar-refractivity contribution in [3.05, 3.63) is 59.2 Å². The number of guanidine groups is 1. The Morgan fingerprint density at radius 3 is 2.61 bits per heavy atom. The lowest BCUT2D eigenvalue weighted by Crippen LogP contribution is -2.36. The Bertz CT molecular complexity index is 822. The van der Waals surface area contributed by atoms with Crippen molar-refractivity contribution in [2.45, 2.75) is 33.5 Å². The first-order valence-corrected chi connectivity index (χ1v) is 9.79. The third-order valence-corrected chi connectivity index (χ3v) is 4.10. The van der Waals surface area contributed by atoms with E-state index >= 15 is 0 Å². The van der Waals surface area contributed by atoms with Crippen LogP contribution in [-0.4, -0.2) is 39.4 Å². The summed E-state index contributed by atoms with van der Waals surface area (Å²) in [7, 11) is 1.63. The Balaban J connectivity index is 0.00000480. The molecule has 0 spiro atoms. The number of nitrogens with one attached hydrogen (secondary N) is 2. The van der Waals surface area contributed by atoms with Gasteiger partial charge in [-0.15, -0.1) is 24.0 Å². The van der Waals surface area contributed by atoms with Gasteiger partial charge in [0.25, 0.3) is 0 Å². The number of hydrogen-bond donors (Lipinski definition) is 2. The average Bonchev–Trinajstić information content (AvgIpc) is 2.72. The number of aryl methyl sites for hydroxylation is 1. The summed E-state index contributed by atoms with van der Waals surface area (Å²) in [6, 6.07) is 12.8. The lowest BCUT2D eigenvalue weighted by atomic mass is 10.1. The first kappa shape index (κ1) is 26.9. The van der Waals surface area contributed by atoms with Crippen molar-refractivity contribution in [3.63, 3.8) is 0 Å². The predicted molar refractivity (Wildman–Crippen MR) is 129 cm³/mol. The molecule has 0 saturated heterocycles. The van der Waals surface area contributed by atoms with E-state index in [0.29, 0.717) is 44.4 Å². The molecule has 6 nitrogen and oxygen atoms in total. The minimum absolute atomic E-state index is 0. The fourth-order valence-electron chi connectivity index (χ4n) is 2.72. The van der Waals surface area contributed by atoms with Crippen molar-refractivity contribution in [2.75, 3.05) is 26.9 Å². The van der Waals surface area contributed by atoms with E-state index in [1.165, 1.54) is 0 Å². The number of nitrogens with zero attached hydrogens (tertiary/aromatic N) is 1. The zero-order valence-electron chi connectivity index (χ0n) is 18.0. The summed E-state index contributed by atoms with van der Waals surface area (Å²) < 4.78 is 40.6. The highest BCUT2D eigenvalue weighted by Crippen LogP contribution is 2.22. The van der Waals surface area contributed by atoms with Crippen molar-refractivity contribution >= 4 is 29.9 Å². The van der Waals surface area contributed by atoms with E-state index in [1.807, 2.05) is 44.2 Å². The number of halogens is 3. The van der Waals surface area contributed by atoms with Gasteiger partial charge in [-0.2, -0.15) is 8.78 Å². The molecule has 0 amide bonds. The molecule has 0 bridgehead atoms. The van der Waals surface area contributed by atoms with Crippen LogP contribution >= 0.6 is 24.0 Å². The van der Waals surface area contributed by atoms with E-state index in [-0.39, 0.29) is 29.7 Å². The Hall–Kier alpha value is -2.14. The van der Waals surface area contributed by atoms with Crippen LogP contribution in [0.1, 0.15) is 23.6 Å². The molecule has 0 aliphatic rings. The van der Waals surface area contributed by atoms with Crippen LogP contribution in [-0.2, 0) is 17.8 Å². The van der Waals surface area contributed by atoms with Gasteiger partial charge in [0, 0.05) is 25.8 Å². The third kappa shape index (κ3) is 10.1. The Labute approximate surface area is 199 Å². The number of ether oxygens (including phenoxy) is 3. The number of methoxy groups -OCH3 is 1. The van der Waals surface area contributed by atoms with E-state index in [1.54, 1.807) is 19.2 Å². The molecule has 2 rings (SSSR count). The first-order valence-electron chi connectivity index (χ1n) is 9.79. The molecular weight excluding hydrogens is 519 g/mol. The van der Waals surface area contributed by atoms with E-state index in [9.17, 15) is 8.78 Å². The van der Waals surface area contributed by atoms with Crippen molar-refractivity contribution in [1.82, 2.24) is 10.6 Å². The molecule has 0 fully saturated rings. The van der Waals surface area contributed by atoms with Crippen LogP contribution in [0.3, 0.4) is 0 Å². The summed E-state index contributed by atoms with van der Waals surface area (Å²) in [6.07, 6.45) is 0. The molecular formula is C22H30F2IN3O3. The predicted octanol–water partition coefficient (Wildman–Crippen LogP) is 4.49. The minimum Gasteiger partial charge on any atom is -0.491 e. The molecule has 0 aromatic heterocycles. The van der Waals surface area contributed by atoms with Crippen LogP contribution < -0.4 is 20.1 Å². The SMILES string of the molecule is CCNC(=NCc1cccc(OCCOC)c1)NCc1cc(C)ccc1OC(F)F.I. The summed E-state index contributed by atoms with van der Waals surface area (Å²) in [5.74, 6) is 1.49. The maximum absolute atomic E-state index is 12.7. The standard InChI is InChI=1S/C22H29F2N3O3.HI/c1-4-25-22(26-14-17-6-5-7-19(13-17)29-11-10-28-3)27-15-18-12-16(2)8-9-20(18)30-21(23)24;/h5-9,12-13,21H,4,10-11,14-15H2,1-3H3,(H2,25,26,27);1H. The van der Waals surface area contributed by atoms with Gasteiger partial charge < -0.3 is 24.8 Å². The zero-order chi connectivity index (χ0) is 21.8. The van der Waals surface area contributed by atoms with Crippen LogP contribution in [0, 0.1) is 6.92 Å². The number of aliphatic imine (C=N–C) groups is 1. The molecule has 31 heavy (non-hydrogen) atoms. The summed E-state index contributed by atoms with van der Waals surface area (Å²) in [5, 5.41) is 6.33. The zero-order valence-corrected chi connectivity index (χ0v) is 20.3. The third-order valence-electron chi connectivity index (χ3n) is 4.10. The van der Waals surface area contributed by atoms with Crippen LogP contribution in [0.15, 0.2) is 47.5 Å². The fraction of sp³-hybridized carbons (Fsp3) is 0.409. The van der Waals surface area contributed by atoms with E-state index in [4.69, 9.17) is 9.47 Å². The average molecular weight is 549 g/mol. The summed E-state index contributed by atoms with van der Waals surface area (Å²) >= 11 is 0. The van der Waals surface area contributed by atoms with Gasteiger partial charge in [0.15, 0.2) is 5.96 Å². The van der Waals surface area contributed by atoms with Gasteiger partial charge in [0.05, 0.1) is 13.2 Å². The topological polar surface area (TPSA) is 64.1 Å². The second-order valence-electron chi connectivity index (χ2n) is 6.53. The molecule has 172 valence electrons. The quantitative estimate of drug-likeness (QED) is 0.187. The molecule has 0 aliphatic heterocycles. The van der Waals surface area contributed by atoms with Crippen molar-refractivity contribution in [2.24, 2.45) is 4.99 Å². The maximum atomic E-state index is 12.7. The molecule has 0 radical (unpaired) electrons. The van der Waals surface area contributed by atoms with Crippen molar-refractivity contribution in [3.8, 4) is 11.5 Å². The minimum atomic E-state index is -2.87. The number of hydrogen-bond acceptors (Lipinski definition) is 4. The molecule has 0 unspecified atom stereocenters. The highest BCUT2D eigenvalue weighted by molar-refractivity contribution is 14.0. The lowest BCUT2D eigenvalue weighted by molar-refractivity contribution is -0.0504. The molecule has 0 saturated carbocycles. The second kappa shape index (κ2) is 14.8. The summed E-state index contributed by atoms with van der Waals surface area (Å²) in [5.41, 5.74) is 2.58. The van der Waals surface area contributed by atoms with Crippen LogP contribution in [0.4, 0.5) is 8.78 Å². The van der Waals surface area contributed by atoms with Gasteiger partial charge in [-0.1, -0.05) is 29.8 Å². The Kier molecular flexibility index (Phi) is 12.8. The monoisotopic (exact) mass is 549 g/mol. The first-order chi connectivity index (χ1) is 14.5. The molecule has 0 atom stereocenters. The van der Waals surface area contributed by atoms with Gasteiger partial charge in [-0.25, -0.2) is 4.99 Å².